The first-order valence-corrected chi connectivity index (χ1v) is 6.61. The zero-order chi connectivity index (χ0) is 12.1. The summed E-state index contributed by atoms with van der Waals surface area (Å²) >= 11 is 0. The molecule has 1 aromatic rings. The van der Waals surface area contributed by atoms with E-state index in [1.165, 1.54) is 25.7 Å². The average molecular weight is 234 g/mol. The summed E-state index contributed by atoms with van der Waals surface area (Å²) in [6, 6.07) is 2.38. The fourth-order valence-electron chi connectivity index (χ4n) is 2.59. The molecule has 0 spiro atoms. The van der Waals surface area contributed by atoms with Crippen molar-refractivity contribution in [1.29, 1.82) is 0 Å². The molecular formula is C13H22N4. The standard InChI is InChI=1S/C13H22N4/c1-2-11-7-13(16-9-15-11)17-12(8-14)10-5-3-4-6-10/h7,9-10,12H,2-6,8,14H2,1H3,(H,15,16,17). The van der Waals surface area contributed by atoms with Crippen LogP contribution < -0.4 is 11.1 Å². The van der Waals surface area contributed by atoms with E-state index in [0.717, 1.165) is 17.9 Å². The molecule has 1 aliphatic carbocycles. The van der Waals surface area contributed by atoms with Crippen LogP contribution in [0.3, 0.4) is 0 Å². The van der Waals surface area contributed by atoms with Crippen LogP contribution in [0.4, 0.5) is 5.82 Å². The lowest BCUT2D eigenvalue weighted by molar-refractivity contribution is 0.461. The Morgan fingerprint density at radius 1 is 1.41 bits per heavy atom. The molecule has 3 N–H and O–H groups in total. The van der Waals surface area contributed by atoms with Gasteiger partial charge in [0.15, 0.2) is 0 Å². The van der Waals surface area contributed by atoms with Crippen molar-refractivity contribution in [3.8, 4) is 0 Å². The molecule has 1 heterocycles. The number of nitrogens with two attached hydrogens (primary N) is 1. The van der Waals surface area contributed by atoms with Gasteiger partial charge in [0.2, 0.25) is 0 Å². The molecule has 0 amide bonds. The quantitative estimate of drug-likeness (QED) is 0.817. The van der Waals surface area contributed by atoms with Crippen molar-refractivity contribution < 1.29 is 0 Å². The Morgan fingerprint density at radius 3 is 2.82 bits per heavy atom. The molecular weight excluding hydrogens is 212 g/mol. The minimum absolute atomic E-state index is 0.358. The van der Waals surface area contributed by atoms with Crippen LogP contribution in [0.2, 0.25) is 0 Å². The Bertz CT molecular complexity index is 347. The van der Waals surface area contributed by atoms with E-state index in [0.29, 0.717) is 18.5 Å². The third-order valence-corrected chi connectivity index (χ3v) is 3.64. The Morgan fingerprint density at radius 2 is 2.18 bits per heavy atom. The average Bonchev–Trinajstić information content (AvgIpc) is 2.90. The lowest BCUT2D eigenvalue weighted by Gasteiger charge is -2.23. The fraction of sp³-hybridized carbons (Fsp3) is 0.692. The fourth-order valence-corrected chi connectivity index (χ4v) is 2.59. The van der Waals surface area contributed by atoms with Crippen LogP contribution in [0.15, 0.2) is 12.4 Å². The van der Waals surface area contributed by atoms with Gasteiger partial charge in [0, 0.05) is 24.3 Å². The zero-order valence-corrected chi connectivity index (χ0v) is 10.5. The maximum absolute atomic E-state index is 5.87. The molecule has 94 valence electrons. The first kappa shape index (κ1) is 12.3. The number of nitrogens with one attached hydrogen (secondary N) is 1. The van der Waals surface area contributed by atoms with Gasteiger partial charge < -0.3 is 11.1 Å². The molecule has 4 heteroatoms. The monoisotopic (exact) mass is 234 g/mol. The Balaban J connectivity index is 2.01. The van der Waals surface area contributed by atoms with Gasteiger partial charge in [-0.25, -0.2) is 9.97 Å². The van der Waals surface area contributed by atoms with Gasteiger partial charge in [-0.1, -0.05) is 19.8 Å². The smallest absolute Gasteiger partial charge is 0.129 e. The SMILES string of the molecule is CCc1cc(NC(CN)C2CCCC2)ncn1. The van der Waals surface area contributed by atoms with Crippen molar-refractivity contribution >= 4 is 5.82 Å². The summed E-state index contributed by atoms with van der Waals surface area (Å²) in [5.74, 6) is 1.62. The van der Waals surface area contributed by atoms with Crippen molar-refractivity contribution in [1.82, 2.24) is 9.97 Å². The second-order valence-electron chi connectivity index (χ2n) is 4.78. The van der Waals surface area contributed by atoms with E-state index in [1.54, 1.807) is 6.33 Å². The molecule has 0 saturated heterocycles. The van der Waals surface area contributed by atoms with Crippen LogP contribution >= 0.6 is 0 Å². The third-order valence-electron chi connectivity index (χ3n) is 3.64. The first-order chi connectivity index (χ1) is 8.33. The highest BCUT2D eigenvalue weighted by Gasteiger charge is 2.24. The molecule has 0 radical (unpaired) electrons. The lowest BCUT2D eigenvalue weighted by Crippen LogP contribution is -2.35. The van der Waals surface area contributed by atoms with Gasteiger partial charge in [0.25, 0.3) is 0 Å². The van der Waals surface area contributed by atoms with Crippen molar-refractivity contribution in [2.75, 3.05) is 11.9 Å². The number of aryl methyl sites for hydroxylation is 1. The van der Waals surface area contributed by atoms with Crippen LogP contribution in [0.25, 0.3) is 0 Å². The highest BCUT2D eigenvalue weighted by Crippen LogP contribution is 2.28. The van der Waals surface area contributed by atoms with Crippen LogP contribution in [0.5, 0.6) is 0 Å². The molecule has 1 unspecified atom stereocenters. The zero-order valence-electron chi connectivity index (χ0n) is 10.5. The molecule has 0 aromatic carbocycles. The van der Waals surface area contributed by atoms with Crippen LogP contribution in [-0.4, -0.2) is 22.6 Å². The highest BCUT2D eigenvalue weighted by atomic mass is 15.0. The molecule has 17 heavy (non-hydrogen) atoms. The van der Waals surface area contributed by atoms with Gasteiger partial charge in [-0.3, -0.25) is 0 Å². The number of rotatable bonds is 5. The normalized spacial score (nSPS) is 18.2. The van der Waals surface area contributed by atoms with Gasteiger partial charge in [-0.2, -0.15) is 0 Å². The number of anilines is 1. The maximum Gasteiger partial charge on any atom is 0.129 e. The molecule has 4 nitrogen and oxygen atoms in total. The molecule has 1 atom stereocenters. The predicted octanol–water partition coefficient (Wildman–Crippen LogP) is 1.97. The summed E-state index contributed by atoms with van der Waals surface area (Å²) in [6.07, 6.45) is 7.83. The largest absolute Gasteiger partial charge is 0.366 e. The number of nitrogens with zero attached hydrogens (tertiary/aromatic N) is 2. The predicted molar refractivity (Wildman–Crippen MR) is 69.8 cm³/mol. The maximum atomic E-state index is 5.87. The second-order valence-corrected chi connectivity index (χ2v) is 4.78. The Kier molecular flexibility index (Phi) is 4.31. The van der Waals surface area contributed by atoms with Gasteiger partial charge >= 0.3 is 0 Å². The third kappa shape index (κ3) is 3.16. The number of hydrogen-bond donors (Lipinski definition) is 2. The van der Waals surface area contributed by atoms with E-state index >= 15 is 0 Å². The molecule has 1 fully saturated rings. The van der Waals surface area contributed by atoms with Crippen molar-refractivity contribution in [2.24, 2.45) is 11.7 Å². The van der Waals surface area contributed by atoms with Gasteiger partial charge in [-0.15, -0.1) is 0 Å². The summed E-state index contributed by atoms with van der Waals surface area (Å²) in [5, 5.41) is 3.47. The topological polar surface area (TPSA) is 63.8 Å². The van der Waals surface area contributed by atoms with Gasteiger partial charge in [-0.05, 0) is 25.2 Å². The van der Waals surface area contributed by atoms with Crippen molar-refractivity contribution in [3.05, 3.63) is 18.1 Å². The van der Waals surface area contributed by atoms with E-state index < -0.39 is 0 Å². The van der Waals surface area contributed by atoms with E-state index in [2.05, 4.69) is 22.2 Å². The lowest BCUT2D eigenvalue weighted by atomic mass is 9.98. The molecule has 1 saturated carbocycles. The highest BCUT2D eigenvalue weighted by molar-refractivity contribution is 5.36. The summed E-state index contributed by atoms with van der Waals surface area (Å²) < 4.78 is 0. The molecule has 2 rings (SSSR count). The van der Waals surface area contributed by atoms with E-state index in [9.17, 15) is 0 Å². The number of hydrogen-bond acceptors (Lipinski definition) is 4. The summed E-state index contributed by atoms with van der Waals surface area (Å²) in [7, 11) is 0. The van der Waals surface area contributed by atoms with E-state index in [1.807, 2.05) is 6.07 Å². The molecule has 0 bridgehead atoms. The van der Waals surface area contributed by atoms with Crippen molar-refractivity contribution in [3.63, 3.8) is 0 Å². The Hall–Kier alpha value is -1.16. The minimum atomic E-state index is 0.358. The van der Waals surface area contributed by atoms with Crippen LogP contribution in [-0.2, 0) is 6.42 Å². The van der Waals surface area contributed by atoms with Crippen LogP contribution in [0, 0.1) is 5.92 Å². The summed E-state index contributed by atoms with van der Waals surface area (Å²) in [5.41, 5.74) is 6.94. The van der Waals surface area contributed by atoms with Gasteiger partial charge in [0.1, 0.15) is 12.1 Å². The van der Waals surface area contributed by atoms with E-state index in [-0.39, 0.29) is 0 Å². The summed E-state index contributed by atoms with van der Waals surface area (Å²) in [4.78, 5) is 8.47. The van der Waals surface area contributed by atoms with E-state index in [4.69, 9.17) is 5.73 Å². The van der Waals surface area contributed by atoms with Crippen LogP contribution in [0.1, 0.15) is 38.3 Å². The summed E-state index contributed by atoms with van der Waals surface area (Å²) in [6.45, 7) is 2.78. The molecule has 1 aliphatic rings. The van der Waals surface area contributed by atoms with Crippen molar-refractivity contribution in [2.45, 2.75) is 45.1 Å². The second kappa shape index (κ2) is 5.96. The molecule has 1 aromatic heterocycles. The minimum Gasteiger partial charge on any atom is -0.366 e. The molecule has 0 aliphatic heterocycles. The Labute approximate surface area is 103 Å². The first-order valence-electron chi connectivity index (χ1n) is 6.61. The number of aromatic nitrogens is 2. The van der Waals surface area contributed by atoms with Gasteiger partial charge in [0.05, 0.1) is 0 Å².